The molecule has 21 rings (SSSR count). The summed E-state index contributed by atoms with van der Waals surface area (Å²) in [5.41, 5.74) is 47.7. The van der Waals surface area contributed by atoms with Crippen LogP contribution in [-0.2, 0) is 65.4 Å². The first kappa shape index (κ1) is 86.6. The van der Waals surface area contributed by atoms with Crippen LogP contribution in [0.1, 0.15) is 96.7 Å². The molecule has 20 heterocycles. The van der Waals surface area contributed by atoms with Crippen molar-refractivity contribution >= 4 is 125 Å². The first-order valence-corrected chi connectivity index (χ1v) is 42.5. The highest BCUT2D eigenvalue weighted by Gasteiger charge is 2.21. The van der Waals surface area contributed by atoms with E-state index in [4.69, 9.17) is 46.7 Å². The smallest absolute Gasteiger partial charge is 0.223 e. The molecule has 0 unspecified atom stereocenters. The summed E-state index contributed by atoms with van der Waals surface area (Å²) in [7, 11) is 0. The number of rotatable bonds is 26. The van der Waals surface area contributed by atoms with Crippen molar-refractivity contribution in [2.75, 3.05) is 55.3 Å². The van der Waals surface area contributed by atoms with Crippen molar-refractivity contribution < 1.29 is 18.0 Å². The third-order valence-corrected chi connectivity index (χ3v) is 21.1. The summed E-state index contributed by atoms with van der Waals surface area (Å²) in [4.78, 5) is 74.1. The molecule has 20 aromatic heterocycles. The highest BCUT2D eigenvalue weighted by Crippen LogP contribution is 2.31. The van der Waals surface area contributed by atoms with Gasteiger partial charge in [0.1, 0.15) is 67.6 Å². The predicted octanol–water partition coefficient (Wildman–Crippen LogP) is 12.5. The summed E-state index contributed by atoms with van der Waals surface area (Å²) in [6.45, 7) is 18.6. The quantitative estimate of drug-likeness (QED) is 0.0241. The van der Waals surface area contributed by atoms with Crippen LogP contribution in [-0.4, -0.2) is 138 Å². The minimum atomic E-state index is 0.203. The van der Waals surface area contributed by atoms with Crippen LogP contribution in [0, 0.1) is 48.5 Å². The number of hydrogen-bond donors (Lipinski definition) is 10. The Morgan fingerprint density at radius 1 is 0.348 bits per heavy atom. The molecule has 43 heteroatoms. The Balaban J connectivity index is 0.000000115. The summed E-state index contributed by atoms with van der Waals surface area (Å²) in [5, 5.41) is 39.9. The van der Waals surface area contributed by atoms with E-state index in [0.717, 1.165) is 140 Å². The number of hydrogen-bond acceptors (Lipinski definition) is 37. The van der Waals surface area contributed by atoms with Gasteiger partial charge in [0, 0.05) is 87.1 Å². The summed E-state index contributed by atoms with van der Waals surface area (Å²) in [6.07, 6.45) is 18.9. The molecule has 21 aromatic rings. The Labute approximate surface area is 755 Å². The Morgan fingerprint density at radius 2 is 0.750 bits per heavy atom. The largest absolute Gasteiger partial charge is 0.446 e. The number of aromatic nitrogens is 28. The summed E-state index contributed by atoms with van der Waals surface area (Å²) >= 11 is 1.63. The van der Waals surface area contributed by atoms with Crippen molar-refractivity contribution in [1.29, 1.82) is 0 Å². The number of thiazole rings is 1. The lowest BCUT2D eigenvalue weighted by Gasteiger charge is -2.10. The normalized spacial score (nSPS) is 11.1. The van der Waals surface area contributed by atoms with Gasteiger partial charge < -0.3 is 96.1 Å². The van der Waals surface area contributed by atoms with Crippen LogP contribution in [0.2, 0.25) is 0 Å². The second-order valence-corrected chi connectivity index (χ2v) is 31.3. The van der Waals surface area contributed by atoms with Crippen LogP contribution in [0.15, 0.2) is 225 Å². The molecule has 0 aliphatic carbocycles. The second-order valence-electron chi connectivity index (χ2n) is 30.3. The molecule has 0 bridgehead atoms. The monoisotopic (exact) mass is 1790 g/mol. The van der Waals surface area contributed by atoms with Gasteiger partial charge in [-0.25, -0.2) is 39.6 Å². The van der Waals surface area contributed by atoms with Crippen molar-refractivity contribution in [2.24, 2.45) is 0 Å². The Morgan fingerprint density at radius 3 is 1.11 bits per heavy atom. The molecule has 0 fully saturated rings. The number of nitrogens with one attached hydrogen (secondary N) is 5. The zero-order chi connectivity index (χ0) is 91.1. The zero-order valence-corrected chi connectivity index (χ0v) is 73.5. The minimum absolute atomic E-state index is 0.203. The molecule has 0 amide bonds. The molecule has 0 saturated heterocycles. The fourth-order valence-electron chi connectivity index (χ4n) is 14.4. The maximum absolute atomic E-state index is 5.90. The van der Waals surface area contributed by atoms with E-state index in [1.54, 1.807) is 41.5 Å². The van der Waals surface area contributed by atoms with E-state index in [1.165, 1.54) is 0 Å². The van der Waals surface area contributed by atoms with Gasteiger partial charge >= 0.3 is 0 Å². The molecular formula is C89H90N38O4S. The average molecular weight is 1790 g/mol. The lowest BCUT2D eigenvalue weighted by molar-refractivity contribution is 0.388. The molecule has 0 aliphatic heterocycles. The van der Waals surface area contributed by atoms with E-state index in [2.05, 4.69) is 157 Å². The van der Waals surface area contributed by atoms with Gasteiger partial charge in [-0.3, -0.25) is 19.9 Å². The van der Waals surface area contributed by atoms with Crippen molar-refractivity contribution in [1.82, 2.24) is 138 Å². The fraction of sp³-hybridized carbons (Fsp3) is 0.191. The van der Waals surface area contributed by atoms with Crippen LogP contribution in [0.5, 0.6) is 0 Å². The molecule has 1 aromatic carbocycles. The topological polar surface area (TPSA) is 556 Å². The van der Waals surface area contributed by atoms with Crippen LogP contribution in [0.3, 0.4) is 0 Å². The van der Waals surface area contributed by atoms with Gasteiger partial charge in [0.2, 0.25) is 35.6 Å². The summed E-state index contributed by atoms with van der Waals surface area (Å²) in [5.74, 6) is 8.38. The minimum Gasteiger partial charge on any atom is -0.446 e. The van der Waals surface area contributed by atoms with Gasteiger partial charge in [0.05, 0.1) is 138 Å². The van der Waals surface area contributed by atoms with E-state index in [1.807, 2.05) is 233 Å². The SMILES string of the molecule is Cc1cc(CNc2nc(N)nc3ccn(Cc4cn(-c5ccccc5)nn4)c23)no1.Cc1ccc(Cn2ccc3nc(N)nc(NCc4cc(C)on4)c32)nc1.Cc1nc(CNc2nc(N)nc3ccn(Cc4ccccn4)c23)c(C)o1.Cc1nc(CNc2nc(N)nc3ccn(Cc4ccccn4)c23)cs1.Cc1nc(CNc2nc(N)nc3ccn(Cc4ccccn4)c23)no1. The van der Waals surface area contributed by atoms with Crippen molar-refractivity contribution in [2.45, 2.75) is 114 Å². The number of pyridine rings is 4. The summed E-state index contributed by atoms with van der Waals surface area (Å²) in [6, 6.07) is 44.8. The number of para-hydroxylation sites is 1. The lowest BCUT2D eigenvalue weighted by Crippen LogP contribution is -2.09. The number of nitrogen functional groups attached to an aromatic ring is 5. The van der Waals surface area contributed by atoms with E-state index in [0.29, 0.717) is 112 Å². The Bertz CT molecular complexity index is 7290. The van der Waals surface area contributed by atoms with Crippen molar-refractivity contribution in [3.63, 3.8) is 0 Å². The van der Waals surface area contributed by atoms with E-state index >= 15 is 0 Å². The molecular weight excluding hydrogens is 1700 g/mol. The number of fused-ring (bicyclic) bond motifs is 5. The second kappa shape index (κ2) is 39.6. The van der Waals surface area contributed by atoms with E-state index in [-0.39, 0.29) is 29.7 Å². The number of nitrogens with two attached hydrogens (primary N) is 5. The molecule has 42 nitrogen and oxygen atoms in total. The van der Waals surface area contributed by atoms with Crippen molar-refractivity contribution in [3.8, 4) is 5.69 Å². The molecule has 15 N–H and O–H groups in total. The molecule has 132 heavy (non-hydrogen) atoms. The molecule has 666 valence electrons. The first-order chi connectivity index (χ1) is 64.2. The average Bonchev–Trinajstić information content (AvgIpc) is 1.66. The maximum Gasteiger partial charge on any atom is 0.223 e. The lowest BCUT2D eigenvalue weighted by atomic mass is 10.3. The number of aryl methyl sites for hydroxylation is 7. The van der Waals surface area contributed by atoms with Crippen LogP contribution < -0.4 is 55.3 Å². The number of oxazole rings is 1. The molecule has 0 spiro atoms. The number of nitrogens with zero attached hydrogens (tertiary/aromatic N) is 28. The molecule has 0 atom stereocenters. The van der Waals surface area contributed by atoms with Crippen molar-refractivity contribution in [3.05, 3.63) is 304 Å². The Hall–Kier alpha value is -17.5. The maximum atomic E-state index is 5.90. The molecule has 0 aliphatic rings. The zero-order valence-electron chi connectivity index (χ0n) is 72.7. The van der Waals surface area contributed by atoms with Crippen LogP contribution in [0.4, 0.5) is 58.8 Å². The Kier molecular flexibility index (Phi) is 25.9. The van der Waals surface area contributed by atoms with Crippen LogP contribution >= 0.6 is 11.3 Å². The standard InChI is InChI=1S/C20H19N9O.2C18H19N7O.C17H17N7S.C16H16N8O/c1-13-9-14(26-30-13)10-22-19-18-17(23-20(21)24-19)7-8-28(18)11-15-12-29(27-25-15)16-5-3-2-4-6-16;1-11-3-4-13(20-8-11)10-25-6-5-15-16(25)17(23-18(19)22-15)21-9-14-7-12(2)26-24-14;1-11-15(22-12(2)26-11)9-21-17-16-14(23-18(19)24-17)6-8-25(16)10-13-5-3-4-7-20-13;1-11-21-13(10-25-11)8-20-16-15-14(22-17(18)23-16)5-7-24(15)9-12-4-2-3-6-19-12;1-10-20-13(23-25-10)8-19-15-14-12(21-16(17)22-15)5-7-24(14)9-11-4-2-3-6-18-11/h2-9,12H,10-11H2,1H3,(H3,21,22,23,24);3-8H,9-10H2,1-2H3,(H3,19,21,22,23);3-8H,9-10H2,1-2H3,(H3,19,21,23,24);2-7,10H,8-9H2,1H3,(H3,18,20,22,23);2-7H,8-9H2,1H3,(H3,17,19,21,22). The van der Waals surface area contributed by atoms with Gasteiger partial charge in [-0.1, -0.05) is 63.1 Å². The van der Waals surface area contributed by atoms with Gasteiger partial charge in [0.15, 0.2) is 40.8 Å². The number of benzene rings is 1. The third kappa shape index (κ3) is 21.4. The number of anilines is 10. The first-order valence-electron chi connectivity index (χ1n) is 41.6. The van der Waals surface area contributed by atoms with Gasteiger partial charge in [-0.15, -0.1) is 16.4 Å². The predicted molar refractivity (Wildman–Crippen MR) is 499 cm³/mol. The van der Waals surface area contributed by atoms with E-state index in [9.17, 15) is 0 Å². The van der Waals surface area contributed by atoms with E-state index < -0.39 is 0 Å². The molecule has 0 radical (unpaired) electrons. The van der Waals surface area contributed by atoms with Gasteiger partial charge in [-0.05, 0) is 125 Å². The molecule has 0 saturated carbocycles. The van der Waals surface area contributed by atoms with Crippen LogP contribution in [0.25, 0.3) is 60.9 Å². The van der Waals surface area contributed by atoms with Gasteiger partial charge in [-0.2, -0.15) is 29.9 Å². The van der Waals surface area contributed by atoms with Gasteiger partial charge in [0.25, 0.3) is 0 Å². The fourth-order valence-corrected chi connectivity index (χ4v) is 15.0. The highest BCUT2D eigenvalue weighted by molar-refractivity contribution is 7.09. The highest BCUT2D eigenvalue weighted by atomic mass is 32.1. The summed E-state index contributed by atoms with van der Waals surface area (Å²) < 4.78 is 32.7. The third-order valence-electron chi connectivity index (χ3n) is 20.3.